The Morgan fingerprint density at radius 2 is 2.09 bits per heavy atom. The molecule has 2 rings (SSSR count). The summed E-state index contributed by atoms with van der Waals surface area (Å²) in [6.45, 7) is 4.11. The van der Waals surface area contributed by atoms with Gasteiger partial charge in [-0.1, -0.05) is 23.5 Å². The molecular formula is C15H19ClN4OS2. The van der Waals surface area contributed by atoms with Gasteiger partial charge in [0.2, 0.25) is 0 Å². The third-order valence-corrected chi connectivity index (χ3v) is 4.36. The van der Waals surface area contributed by atoms with Crippen LogP contribution >= 0.6 is 35.3 Å². The van der Waals surface area contributed by atoms with Gasteiger partial charge in [0.1, 0.15) is 5.15 Å². The zero-order chi connectivity index (χ0) is 17.0. The van der Waals surface area contributed by atoms with Crippen molar-refractivity contribution in [3.8, 4) is 11.3 Å². The number of carbonyl (C=O) groups is 1. The predicted octanol–water partition coefficient (Wildman–Crippen LogP) is 4.28. The maximum atomic E-state index is 12.2. The van der Waals surface area contributed by atoms with Crippen molar-refractivity contribution >= 4 is 46.9 Å². The number of halogens is 1. The van der Waals surface area contributed by atoms with Crippen LogP contribution in [-0.4, -0.2) is 34.4 Å². The van der Waals surface area contributed by atoms with E-state index in [1.807, 2.05) is 18.6 Å². The summed E-state index contributed by atoms with van der Waals surface area (Å²) < 4.78 is 2.75. The molecule has 0 aromatic carbocycles. The highest BCUT2D eigenvalue weighted by molar-refractivity contribution is 7.98. The first-order valence-electron chi connectivity index (χ1n) is 6.99. The zero-order valence-corrected chi connectivity index (χ0v) is 15.7. The summed E-state index contributed by atoms with van der Waals surface area (Å²) in [7, 11) is 0. The van der Waals surface area contributed by atoms with Crippen molar-refractivity contribution in [3.63, 3.8) is 0 Å². The summed E-state index contributed by atoms with van der Waals surface area (Å²) in [4.78, 5) is 19.6. The molecule has 0 bridgehead atoms. The lowest BCUT2D eigenvalue weighted by atomic mass is 10.1. The fourth-order valence-electron chi connectivity index (χ4n) is 2.13. The molecule has 2 aromatic rings. The smallest absolute Gasteiger partial charge is 0.263 e. The Kier molecular flexibility index (Phi) is 6.26. The minimum atomic E-state index is -0.121. The lowest BCUT2D eigenvalue weighted by Crippen LogP contribution is -2.15. The highest BCUT2D eigenvalue weighted by Crippen LogP contribution is 2.33. The van der Waals surface area contributed by atoms with E-state index in [4.69, 9.17) is 11.6 Å². The van der Waals surface area contributed by atoms with Gasteiger partial charge in [-0.05, 0) is 32.2 Å². The van der Waals surface area contributed by atoms with Crippen molar-refractivity contribution in [2.75, 3.05) is 17.8 Å². The third kappa shape index (κ3) is 4.37. The van der Waals surface area contributed by atoms with Crippen LogP contribution in [0, 0.1) is 0 Å². The number of aromatic nitrogens is 2. The summed E-state index contributed by atoms with van der Waals surface area (Å²) in [6, 6.07) is 3.88. The Bertz CT molecular complexity index is 703. The summed E-state index contributed by atoms with van der Waals surface area (Å²) in [5.74, 6) is -0.121. The van der Waals surface area contributed by atoms with Gasteiger partial charge in [-0.25, -0.2) is 4.98 Å². The molecule has 8 heteroatoms. The largest absolute Gasteiger partial charge is 0.382 e. The van der Waals surface area contributed by atoms with Crippen LogP contribution in [0.25, 0.3) is 11.3 Å². The molecule has 0 saturated carbocycles. The molecule has 0 aliphatic heterocycles. The maximum absolute atomic E-state index is 12.2. The number of anilines is 1. The van der Waals surface area contributed by atoms with Crippen LogP contribution in [0.4, 0.5) is 5.69 Å². The first kappa shape index (κ1) is 18.0. The standard InChI is InChI=1S/C15H19ClN4OS2/c1-8(2)18-12-6-13(16)17-7-10(12)11-5-9(14(21)20-23-4)15(19-11)22-3/h5-8,19H,1-4H3,(H,17,18)(H,20,21). The van der Waals surface area contributed by atoms with Gasteiger partial charge in [0.05, 0.1) is 16.3 Å². The minimum Gasteiger partial charge on any atom is -0.382 e. The number of rotatable bonds is 6. The van der Waals surface area contributed by atoms with E-state index in [1.165, 1.54) is 23.7 Å². The number of H-pyrrole nitrogens is 1. The van der Waals surface area contributed by atoms with Crippen LogP contribution in [0.5, 0.6) is 0 Å². The molecule has 3 N–H and O–H groups in total. The second-order valence-electron chi connectivity index (χ2n) is 5.12. The normalized spacial score (nSPS) is 10.9. The number of carbonyl (C=O) groups excluding carboxylic acids is 1. The Morgan fingerprint density at radius 1 is 1.35 bits per heavy atom. The van der Waals surface area contributed by atoms with Gasteiger partial charge in [-0.15, -0.1) is 11.8 Å². The summed E-state index contributed by atoms with van der Waals surface area (Å²) in [5.41, 5.74) is 3.20. The van der Waals surface area contributed by atoms with E-state index in [1.54, 1.807) is 12.3 Å². The molecule has 0 radical (unpaired) electrons. The van der Waals surface area contributed by atoms with Crippen LogP contribution in [0.15, 0.2) is 23.4 Å². The molecule has 5 nitrogen and oxygen atoms in total. The Balaban J connectivity index is 2.48. The molecule has 2 aromatic heterocycles. The van der Waals surface area contributed by atoms with E-state index in [-0.39, 0.29) is 11.9 Å². The molecule has 0 fully saturated rings. The predicted molar refractivity (Wildman–Crippen MR) is 101 cm³/mol. The lowest BCUT2D eigenvalue weighted by molar-refractivity contribution is 0.0982. The first-order chi connectivity index (χ1) is 11.0. The summed E-state index contributed by atoms with van der Waals surface area (Å²) >= 11 is 8.78. The van der Waals surface area contributed by atoms with Crippen molar-refractivity contribution in [1.29, 1.82) is 0 Å². The number of hydrogen-bond donors (Lipinski definition) is 3. The number of aromatic amines is 1. The van der Waals surface area contributed by atoms with E-state index >= 15 is 0 Å². The highest BCUT2D eigenvalue weighted by atomic mass is 35.5. The average Bonchev–Trinajstić information content (AvgIpc) is 2.91. The summed E-state index contributed by atoms with van der Waals surface area (Å²) in [6.07, 6.45) is 5.45. The molecule has 0 unspecified atom stereocenters. The Hall–Kier alpha value is -1.31. The van der Waals surface area contributed by atoms with Gasteiger partial charge in [-0.3, -0.25) is 9.52 Å². The van der Waals surface area contributed by atoms with Gasteiger partial charge < -0.3 is 10.3 Å². The molecule has 0 aliphatic rings. The van der Waals surface area contributed by atoms with Crippen molar-refractivity contribution in [1.82, 2.24) is 14.7 Å². The maximum Gasteiger partial charge on any atom is 0.263 e. The van der Waals surface area contributed by atoms with Crippen LogP contribution in [0.3, 0.4) is 0 Å². The highest BCUT2D eigenvalue weighted by Gasteiger charge is 2.18. The Labute approximate surface area is 149 Å². The number of pyridine rings is 1. The molecule has 0 aliphatic carbocycles. The van der Waals surface area contributed by atoms with Gasteiger partial charge in [0, 0.05) is 29.7 Å². The average molecular weight is 371 g/mol. The van der Waals surface area contributed by atoms with Crippen LogP contribution in [-0.2, 0) is 0 Å². The van der Waals surface area contributed by atoms with Crippen LogP contribution in [0.2, 0.25) is 5.15 Å². The van der Waals surface area contributed by atoms with Gasteiger partial charge in [-0.2, -0.15) is 0 Å². The van der Waals surface area contributed by atoms with E-state index in [2.05, 4.69) is 33.9 Å². The number of thioether (sulfide) groups is 1. The molecular weight excluding hydrogens is 352 g/mol. The number of nitrogens with zero attached hydrogens (tertiary/aromatic N) is 1. The van der Waals surface area contributed by atoms with Gasteiger partial charge in [0.25, 0.3) is 5.91 Å². The molecule has 1 amide bonds. The second-order valence-corrected chi connectivity index (χ2v) is 6.93. The van der Waals surface area contributed by atoms with Crippen molar-refractivity contribution in [3.05, 3.63) is 29.0 Å². The van der Waals surface area contributed by atoms with Crippen molar-refractivity contribution in [2.24, 2.45) is 0 Å². The SMILES string of the molecule is CSNC(=O)c1cc(-c2cnc(Cl)cc2NC(C)C)[nH]c1SC. The van der Waals surface area contributed by atoms with Crippen LogP contribution < -0.4 is 10.0 Å². The lowest BCUT2D eigenvalue weighted by Gasteiger charge is -2.14. The number of nitrogens with one attached hydrogen (secondary N) is 3. The number of amides is 1. The molecule has 124 valence electrons. The van der Waals surface area contributed by atoms with Crippen molar-refractivity contribution < 1.29 is 4.79 Å². The third-order valence-electron chi connectivity index (χ3n) is 3.03. The van der Waals surface area contributed by atoms with Gasteiger partial charge in [0.15, 0.2) is 0 Å². The fraction of sp³-hybridized carbons (Fsp3) is 0.333. The number of hydrogen-bond acceptors (Lipinski definition) is 5. The van der Waals surface area contributed by atoms with Gasteiger partial charge >= 0.3 is 0 Å². The molecule has 0 atom stereocenters. The molecule has 2 heterocycles. The Morgan fingerprint density at radius 3 is 2.70 bits per heavy atom. The minimum absolute atomic E-state index is 0.121. The molecule has 23 heavy (non-hydrogen) atoms. The molecule has 0 saturated heterocycles. The zero-order valence-electron chi connectivity index (χ0n) is 13.4. The topological polar surface area (TPSA) is 69.8 Å². The first-order valence-corrected chi connectivity index (χ1v) is 9.81. The van der Waals surface area contributed by atoms with E-state index in [0.717, 1.165) is 22.0 Å². The van der Waals surface area contributed by atoms with Crippen molar-refractivity contribution in [2.45, 2.75) is 24.9 Å². The second kappa shape index (κ2) is 7.99. The monoisotopic (exact) mass is 370 g/mol. The van der Waals surface area contributed by atoms with E-state index < -0.39 is 0 Å². The van der Waals surface area contributed by atoms with E-state index in [0.29, 0.717) is 10.7 Å². The fourth-order valence-corrected chi connectivity index (χ4v) is 3.17. The molecule has 0 spiro atoms. The summed E-state index contributed by atoms with van der Waals surface area (Å²) in [5, 5.41) is 4.60. The van der Waals surface area contributed by atoms with E-state index in [9.17, 15) is 4.79 Å². The van der Waals surface area contributed by atoms with Crippen LogP contribution in [0.1, 0.15) is 24.2 Å². The quantitative estimate of drug-likeness (QED) is 0.402.